The molecule has 8 heteroatoms. The second-order valence-corrected chi connectivity index (χ2v) is 7.57. The number of piperazine rings is 1. The molecule has 8 nitrogen and oxygen atoms in total. The molecule has 3 heterocycles. The molecule has 1 aromatic heterocycles. The number of hydrogen-bond donors (Lipinski definition) is 0. The van der Waals surface area contributed by atoms with Crippen LogP contribution in [-0.4, -0.2) is 66.9 Å². The van der Waals surface area contributed by atoms with Crippen LogP contribution in [0.5, 0.6) is 0 Å². The molecule has 30 heavy (non-hydrogen) atoms. The Kier molecular flexibility index (Phi) is 6.02. The number of amides is 2. The molecule has 0 N–H and O–H groups in total. The lowest BCUT2D eigenvalue weighted by Gasteiger charge is -2.36. The van der Waals surface area contributed by atoms with Crippen molar-refractivity contribution < 1.29 is 23.5 Å². The van der Waals surface area contributed by atoms with Gasteiger partial charge in [0.05, 0.1) is 18.7 Å². The number of benzene rings is 1. The monoisotopic (exact) mass is 411 g/mol. The van der Waals surface area contributed by atoms with Crippen molar-refractivity contribution in [3.8, 4) is 0 Å². The summed E-state index contributed by atoms with van der Waals surface area (Å²) in [5.74, 6) is -0.691. The molecule has 2 aliphatic rings. The van der Waals surface area contributed by atoms with Crippen LogP contribution in [0.15, 0.2) is 53.1 Å². The third-order valence-corrected chi connectivity index (χ3v) is 5.57. The van der Waals surface area contributed by atoms with Crippen LogP contribution < -0.4 is 4.90 Å². The molecule has 4 rings (SSSR count). The topological polar surface area (TPSA) is 83.3 Å². The van der Waals surface area contributed by atoms with Crippen LogP contribution in [0.3, 0.4) is 0 Å². The fourth-order valence-corrected chi connectivity index (χ4v) is 3.87. The lowest BCUT2D eigenvalue weighted by atomic mass is 10.1. The molecule has 0 unspecified atom stereocenters. The fourth-order valence-electron chi connectivity index (χ4n) is 3.87. The predicted molar refractivity (Wildman–Crippen MR) is 108 cm³/mol. The maximum absolute atomic E-state index is 12.4. The van der Waals surface area contributed by atoms with E-state index in [9.17, 15) is 14.4 Å². The molecule has 0 bridgehead atoms. The van der Waals surface area contributed by atoms with Gasteiger partial charge in [-0.3, -0.25) is 14.4 Å². The smallest absolute Gasteiger partial charge is 0.311 e. The van der Waals surface area contributed by atoms with E-state index in [0.29, 0.717) is 25.4 Å². The molecule has 2 amide bonds. The van der Waals surface area contributed by atoms with E-state index < -0.39 is 11.9 Å². The Labute approximate surface area is 175 Å². The third-order valence-electron chi connectivity index (χ3n) is 5.57. The number of nitrogens with zero attached hydrogens (tertiary/aromatic N) is 3. The summed E-state index contributed by atoms with van der Waals surface area (Å²) >= 11 is 0. The van der Waals surface area contributed by atoms with Crippen LogP contribution in [0.4, 0.5) is 5.69 Å². The molecule has 2 fully saturated rings. The second kappa shape index (κ2) is 9.02. The number of para-hydroxylation sites is 1. The van der Waals surface area contributed by atoms with E-state index in [0.717, 1.165) is 18.8 Å². The summed E-state index contributed by atoms with van der Waals surface area (Å²) in [4.78, 5) is 42.5. The maximum atomic E-state index is 12.4. The van der Waals surface area contributed by atoms with Crippen LogP contribution in [0.1, 0.15) is 12.2 Å². The standard InChI is InChI=1S/C22H25N3O5/c26-20-13-17(14-25(20)15-19-7-4-12-29-19)22(28)30-16-21(27)24-10-8-23(9-11-24)18-5-2-1-3-6-18/h1-7,12,17H,8-11,13-16H2/t17-/m0/s1. The van der Waals surface area contributed by atoms with Crippen molar-refractivity contribution >= 4 is 23.5 Å². The van der Waals surface area contributed by atoms with Gasteiger partial charge in [0.25, 0.3) is 5.91 Å². The minimum atomic E-state index is -0.546. The van der Waals surface area contributed by atoms with E-state index in [2.05, 4.69) is 17.0 Å². The van der Waals surface area contributed by atoms with Gasteiger partial charge in [0.1, 0.15) is 5.76 Å². The number of ether oxygens (including phenoxy) is 1. The molecule has 2 aromatic rings. The zero-order valence-electron chi connectivity index (χ0n) is 16.7. The summed E-state index contributed by atoms with van der Waals surface area (Å²) < 4.78 is 10.5. The van der Waals surface area contributed by atoms with Crippen LogP contribution in [0, 0.1) is 5.92 Å². The van der Waals surface area contributed by atoms with Gasteiger partial charge in [-0.2, -0.15) is 0 Å². The fraction of sp³-hybridized carbons (Fsp3) is 0.409. The first-order chi connectivity index (χ1) is 14.6. The van der Waals surface area contributed by atoms with E-state index in [1.54, 1.807) is 28.2 Å². The number of carbonyl (C=O) groups excluding carboxylic acids is 3. The van der Waals surface area contributed by atoms with E-state index >= 15 is 0 Å². The van der Waals surface area contributed by atoms with E-state index in [1.807, 2.05) is 18.2 Å². The largest absolute Gasteiger partial charge is 0.467 e. The highest BCUT2D eigenvalue weighted by Crippen LogP contribution is 2.22. The van der Waals surface area contributed by atoms with E-state index in [1.165, 1.54) is 0 Å². The van der Waals surface area contributed by atoms with Crippen LogP contribution in [0.2, 0.25) is 0 Å². The van der Waals surface area contributed by atoms with Crippen LogP contribution in [-0.2, 0) is 25.7 Å². The van der Waals surface area contributed by atoms with Gasteiger partial charge in [0.15, 0.2) is 6.61 Å². The minimum Gasteiger partial charge on any atom is -0.467 e. The molecular formula is C22H25N3O5. The zero-order valence-corrected chi connectivity index (χ0v) is 16.7. The molecule has 0 spiro atoms. The second-order valence-electron chi connectivity index (χ2n) is 7.57. The quantitative estimate of drug-likeness (QED) is 0.671. The first-order valence-corrected chi connectivity index (χ1v) is 10.1. The zero-order chi connectivity index (χ0) is 20.9. The Balaban J connectivity index is 1.21. The van der Waals surface area contributed by atoms with Gasteiger partial charge in [-0.05, 0) is 24.3 Å². The Morgan fingerprint density at radius 1 is 1.03 bits per heavy atom. The Morgan fingerprint density at radius 2 is 1.80 bits per heavy atom. The molecule has 1 aromatic carbocycles. The van der Waals surface area contributed by atoms with Gasteiger partial charge in [-0.15, -0.1) is 0 Å². The molecular weight excluding hydrogens is 386 g/mol. The number of esters is 1. The Bertz CT molecular complexity index is 875. The van der Waals surface area contributed by atoms with Crippen molar-refractivity contribution in [2.45, 2.75) is 13.0 Å². The lowest BCUT2D eigenvalue weighted by molar-refractivity contribution is -0.155. The maximum Gasteiger partial charge on any atom is 0.311 e. The van der Waals surface area contributed by atoms with Crippen molar-refractivity contribution in [1.82, 2.24) is 9.80 Å². The third kappa shape index (κ3) is 4.64. The number of anilines is 1. The van der Waals surface area contributed by atoms with Crippen molar-refractivity contribution in [3.05, 3.63) is 54.5 Å². The lowest BCUT2D eigenvalue weighted by Crippen LogP contribution is -2.50. The molecule has 2 aliphatic heterocycles. The van der Waals surface area contributed by atoms with Crippen molar-refractivity contribution in [3.63, 3.8) is 0 Å². The molecule has 0 aliphatic carbocycles. The van der Waals surface area contributed by atoms with Gasteiger partial charge in [0, 0.05) is 44.8 Å². The molecule has 0 saturated carbocycles. The van der Waals surface area contributed by atoms with Gasteiger partial charge in [0.2, 0.25) is 5.91 Å². The van der Waals surface area contributed by atoms with Crippen LogP contribution in [0.25, 0.3) is 0 Å². The number of likely N-dealkylation sites (tertiary alicyclic amines) is 1. The van der Waals surface area contributed by atoms with Crippen molar-refractivity contribution in [2.75, 3.05) is 44.2 Å². The highest BCUT2D eigenvalue weighted by atomic mass is 16.5. The summed E-state index contributed by atoms with van der Waals surface area (Å²) in [5, 5.41) is 0. The Morgan fingerprint density at radius 3 is 2.50 bits per heavy atom. The average Bonchev–Trinajstić information content (AvgIpc) is 3.43. The van der Waals surface area contributed by atoms with Crippen molar-refractivity contribution in [2.24, 2.45) is 5.92 Å². The highest BCUT2D eigenvalue weighted by Gasteiger charge is 2.36. The van der Waals surface area contributed by atoms with Gasteiger partial charge < -0.3 is 23.9 Å². The molecule has 0 radical (unpaired) electrons. The van der Waals surface area contributed by atoms with Gasteiger partial charge in [-0.1, -0.05) is 18.2 Å². The van der Waals surface area contributed by atoms with E-state index in [-0.39, 0.29) is 31.4 Å². The molecule has 158 valence electrons. The molecule has 2 saturated heterocycles. The summed E-state index contributed by atoms with van der Waals surface area (Å²) in [5.41, 5.74) is 1.14. The SMILES string of the molecule is O=C(OCC(=O)N1CCN(c2ccccc2)CC1)[C@H]1CC(=O)N(Cc2ccco2)C1. The minimum absolute atomic E-state index is 0.101. The summed E-state index contributed by atoms with van der Waals surface area (Å²) in [6.07, 6.45) is 1.65. The first kappa shape index (κ1) is 20.0. The molecule has 1 atom stereocenters. The number of furan rings is 1. The summed E-state index contributed by atoms with van der Waals surface area (Å²) in [6, 6.07) is 13.6. The van der Waals surface area contributed by atoms with Gasteiger partial charge in [-0.25, -0.2) is 0 Å². The number of rotatable bonds is 6. The van der Waals surface area contributed by atoms with Crippen molar-refractivity contribution in [1.29, 1.82) is 0 Å². The van der Waals surface area contributed by atoms with Crippen LogP contribution >= 0.6 is 0 Å². The Hall–Kier alpha value is -3.29. The van der Waals surface area contributed by atoms with E-state index in [4.69, 9.17) is 9.15 Å². The summed E-state index contributed by atoms with van der Waals surface area (Å²) in [6.45, 7) is 2.98. The number of hydrogen-bond acceptors (Lipinski definition) is 6. The summed E-state index contributed by atoms with van der Waals surface area (Å²) in [7, 11) is 0. The normalized spacial score (nSPS) is 19.3. The number of carbonyl (C=O) groups is 3. The van der Waals surface area contributed by atoms with Gasteiger partial charge >= 0.3 is 5.97 Å². The average molecular weight is 411 g/mol. The first-order valence-electron chi connectivity index (χ1n) is 10.1. The predicted octanol–water partition coefficient (Wildman–Crippen LogP) is 1.52. The highest BCUT2D eigenvalue weighted by molar-refractivity contribution is 5.88.